The van der Waals surface area contributed by atoms with Gasteiger partial charge in [0, 0.05) is 58.5 Å². The van der Waals surface area contributed by atoms with Crippen LogP contribution in [0.25, 0.3) is 0 Å². The van der Waals surface area contributed by atoms with Crippen LogP contribution in [0.2, 0.25) is 5.02 Å². The molecule has 0 aliphatic carbocycles. The monoisotopic (exact) mass is 436 g/mol. The molecule has 0 atom stereocenters. The molecule has 2 rings (SSSR count). The van der Waals surface area contributed by atoms with E-state index in [4.69, 9.17) is 11.6 Å². The molecular weight excluding hydrogens is 415 g/mol. The fourth-order valence-corrected chi connectivity index (χ4v) is 2.41. The number of nitrogens with zero attached hydrogens (tertiary/aromatic N) is 5. The zero-order chi connectivity index (χ0) is 15.2. The Bertz CT molecular complexity index is 593. The van der Waals surface area contributed by atoms with Gasteiger partial charge in [0.1, 0.15) is 0 Å². The van der Waals surface area contributed by atoms with Crippen LogP contribution in [0.1, 0.15) is 5.69 Å². The predicted octanol–water partition coefficient (Wildman–Crippen LogP) is 2.20. The topological polar surface area (TPSA) is 50.4 Å². The van der Waals surface area contributed by atoms with Gasteiger partial charge in [-0.15, -0.1) is 24.0 Å². The number of nitrogens with one attached hydrogen (secondary N) is 1. The molecule has 1 N–H and O–H groups in total. The first-order chi connectivity index (χ1) is 10.1. The molecule has 0 aliphatic rings. The molecule has 8 heteroatoms. The lowest BCUT2D eigenvalue weighted by Crippen LogP contribution is -2.40. The summed E-state index contributed by atoms with van der Waals surface area (Å²) in [6, 6.07) is 1.97. The Morgan fingerprint density at radius 2 is 2.27 bits per heavy atom. The van der Waals surface area contributed by atoms with E-state index in [0.717, 1.165) is 36.3 Å². The van der Waals surface area contributed by atoms with Gasteiger partial charge in [-0.3, -0.25) is 4.99 Å². The number of aliphatic imine (C=N–C) groups is 1. The molecule has 0 saturated heterocycles. The zero-order valence-corrected chi connectivity index (χ0v) is 16.1. The van der Waals surface area contributed by atoms with Crippen LogP contribution in [0, 0.1) is 0 Å². The van der Waals surface area contributed by atoms with Gasteiger partial charge >= 0.3 is 0 Å². The first kappa shape index (κ1) is 18.8. The molecule has 0 radical (unpaired) electrons. The molecule has 0 aliphatic heterocycles. The van der Waals surface area contributed by atoms with Crippen molar-refractivity contribution in [2.45, 2.75) is 13.1 Å². The Morgan fingerprint density at radius 3 is 2.82 bits per heavy atom. The second kappa shape index (κ2) is 9.04. The van der Waals surface area contributed by atoms with E-state index in [1.165, 1.54) is 0 Å². The maximum absolute atomic E-state index is 6.01. The number of imidazole rings is 1. The third-order valence-corrected chi connectivity index (χ3v) is 3.47. The van der Waals surface area contributed by atoms with E-state index >= 15 is 0 Å². The molecule has 0 saturated carbocycles. The lowest BCUT2D eigenvalue weighted by atomic mass is 10.4. The van der Waals surface area contributed by atoms with Crippen molar-refractivity contribution in [2.75, 3.05) is 20.6 Å². The van der Waals surface area contributed by atoms with E-state index in [-0.39, 0.29) is 24.0 Å². The van der Waals surface area contributed by atoms with Crippen LogP contribution in [0.3, 0.4) is 0 Å². The van der Waals surface area contributed by atoms with E-state index in [1.54, 1.807) is 19.6 Å². The normalized spacial score (nSPS) is 11.2. The van der Waals surface area contributed by atoms with Crippen molar-refractivity contribution in [3.8, 4) is 0 Å². The van der Waals surface area contributed by atoms with Crippen molar-refractivity contribution < 1.29 is 0 Å². The summed E-state index contributed by atoms with van der Waals surface area (Å²) in [5.41, 5.74) is 1.14. The third-order valence-electron chi connectivity index (χ3n) is 3.26. The summed E-state index contributed by atoms with van der Waals surface area (Å²) >= 11 is 6.01. The van der Waals surface area contributed by atoms with Gasteiger partial charge in [-0.1, -0.05) is 11.6 Å². The fraction of sp³-hybridized carbons (Fsp3) is 0.429. The van der Waals surface area contributed by atoms with Crippen LogP contribution in [0.15, 0.2) is 36.0 Å². The molecule has 122 valence electrons. The molecule has 6 nitrogen and oxygen atoms in total. The molecule has 0 amide bonds. The minimum absolute atomic E-state index is 0. The zero-order valence-electron chi connectivity index (χ0n) is 13.0. The minimum atomic E-state index is 0. The summed E-state index contributed by atoms with van der Waals surface area (Å²) in [6.45, 7) is 2.39. The first-order valence-electron chi connectivity index (χ1n) is 6.78. The van der Waals surface area contributed by atoms with Crippen LogP contribution in [-0.2, 0) is 20.1 Å². The van der Waals surface area contributed by atoms with Crippen LogP contribution in [0.5, 0.6) is 0 Å². The molecule has 0 spiro atoms. The number of halogens is 2. The van der Waals surface area contributed by atoms with Gasteiger partial charge in [0.15, 0.2) is 5.96 Å². The highest BCUT2D eigenvalue weighted by Gasteiger charge is 2.09. The number of aryl methyl sites for hydroxylation is 1. The van der Waals surface area contributed by atoms with Crippen molar-refractivity contribution in [3.05, 3.63) is 41.7 Å². The van der Waals surface area contributed by atoms with Gasteiger partial charge in [0.2, 0.25) is 0 Å². The Labute approximate surface area is 153 Å². The van der Waals surface area contributed by atoms with Gasteiger partial charge in [-0.25, -0.2) is 4.98 Å². The van der Waals surface area contributed by atoms with Crippen molar-refractivity contribution in [1.29, 1.82) is 0 Å². The maximum atomic E-state index is 6.01. The Kier molecular flexibility index (Phi) is 7.74. The summed E-state index contributed by atoms with van der Waals surface area (Å²) in [5, 5.41) is 4.09. The van der Waals surface area contributed by atoms with Gasteiger partial charge in [-0.2, -0.15) is 0 Å². The van der Waals surface area contributed by atoms with Gasteiger partial charge in [0.25, 0.3) is 0 Å². The number of hydrogen-bond acceptors (Lipinski definition) is 2. The number of rotatable bonds is 5. The summed E-state index contributed by atoms with van der Waals surface area (Å²) in [7, 11) is 5.78. The van der Waals surface area contributed by atoms with Crippen LogP contribution in [0.4, 0.5) is 0 Å². The molecule has 0 aromatic carbocycles. The van der Waals surface area contributed by atoms with Gasteiger partial charge < -0.3 is 19.4 Å². The largest absolute Gasteiger partial charge is 0.354 e. The average molecular weight is 437 g/mol. The molecule has 0 bridgehead atoms. The Balaban J connectivity index is 0.00000242. The molecule has 0 unspecified atom stereocenters. The highest BCUT2D eigenvalue weighted by atomic mass is 127. The van der Waals surface area contributed by atoms with Crippen molar-refractivity contribution in [1.82, 2.24) is 24.3 Å². The standard InChI is InChI=1S/C14H21ClN6.HI/c1-16-14(18-5-7-21-6-4-17-11-21)20(3)10-13-8-12(15)9-19(13)2;/h4,6,8-9,11H,5,7,10H2,1-3H3,(H,16,18);1H. The van der Waals surface area contributed by atoms with E-state index in [0.29, 0.717) is 0 Å². The molecule has 2 heterocycles. The number of guanidine groups is 1. The quantitative estimate of drug-likeness (QED) is 0.444. The Morgan fingerprint density at radius 1 is 1.50 bits per heavy atom. The van der Waals surface area contributed by atoms with Crippen molar-refractivity contribution >= 4 is 41.5 Å². The first-order valence-corrected chi connectivity index (χ1v) is 7.16. The highest BCUT2D eigenvalue weighted by Crippen LogP contribution is 2.14. The summed E-state index contributed by atoms with van der Waals surface area (Å²) in [4.78, 5) is 10.4. The van der Waals surface area contributed by atoms with Crippen LogP contribution < -0.4 is 5.32 Å². The van der Waals surface area contributed by atoms with Crippen molar-refractivity contribution in [3.63, 3.8) is 0 Å². The lowest BCUT2D eigenvalue weighted by Gasteiger charge is -2.22. The molecule has 2 aromatic rings. The van der Waals surface area contributed by atoms with E-state index in [2.05, 4.69) is 20.2 Å². The Hall–Kier alpha value is -1.22. The second-order valence-electron chi connectivity index (χ2n) is 4.89. The van der Waals surface area contributed by atoms with Gasteiger partial charge in [-0.05, 0) is 6.07 Å². The number of aromatic nitrogens is 3. The SMILES string of the molecule is CN=C(NCCn1ccnc1)N(C)Cc1cc(Cl)cn1C.I. The van der Waals surface area contributed by atoms with E-state index in [1.807, 2.05) is 41.7 Å². The maximum Gasteiger partial charge on any atom is 0.193 e. The van der Waals surface area contributed by atoms with E-state index < -0.39 is 0 Å². The highest BCUT2D eigenvalue weighted by molar-refractivity contribution is 14.0. The summed E-state index contributed by atoms with van der Waals surface area (Å²) in [6.07, 6.45) is 7.43. The smallest absolute Gasteiger partial charge is 0.193 e. The molecule has 22 heavy (non-hydrogen) atoms. The fourth-order valence-electron chi connectivity index (χ4n) is 2.14. The van der Waals surface area contributed by atoms with E-state index in [9.17, 15) is 0 Å². The van der Waals surface area contributed by atoms with Crippen LogP contribution in [-0.4, -0.2) is 45.6 Å². The van der Waals surface area contributed by atoms with Crippen LogP contribution >= 0.6 is 35.6 Å². The minimum Gasteiger partial charge on any atom is -0.354 e. The van der Waals surface area contributed by atoms with Crippen molar-refractivity contribution in [2.24, 2.45) is 12.0 Å². The lowest BCUT2D eigenvalue weighted by molar-refractivity contribution is 0.459. The molecular formula is C14H22ClIN6. The molecule has 0 fully saturated rings. The third kappa shape index (κ3) is 5.20. The summed E-state index contributed by atoms with van der Waals surface area (Å²) < 4.78 is 4.05. The van der Waals surface area contributed by atoms with Gasteiger partial charge in [0.05, 0.1) is 17.9 Å². The average Bonchev–Trinajstić information content (AvgIpc) is 3.05. The predicted molar refractivity (Wildman–Crippen MR) is 101 cm³/mol. The summed E-state index contributed by atoms with van der Waals surface area (Å²) in [5.74, 6) is 0.854. The number of hydrogen-bond donors (Lipinski definition) is 1. The second-order valence-corrected chi connectivity index (χ2v) is 5.33. The molecule has 2 aromatic heterocycles.